The zero-order valence-corrected chi connectivity index (χ0v) is 11.2. The van der Waals surface area contributed by atoms with E-state index in [9.17, 15) is 9.90 Å². The van der Waals surface area contributed by atoms with Crippen molar-refractivity contribution in [2.24, 2.45) is 0 Å². The van der Waals surface area contributed by atoms with Crippen LogP contribution in [0.3, 0.4) is 0 Å². The normalized spacial score (nSPS) is 11.6. The van der Waals surface area contributed by atoms with Gasteiger partial charge in [-0.1, -0.05) is 29.8 Å². The summed E-state index contributed by atoms with van der Waals surface area (Å²) in [6.45, 7) is 3.60. The third-order valence-electron chi connectivity index (χ3n) is 2.28. The van der Waals surface area contributed by atoms with Crippen LogP contribution in [-0.4, -0.2) is 16.2 Å². The van der Waals surface area contributed by atoms with E-state index in [1.54, 1.807) is 6.92 Å². The number of aromatic nitrogens is 2. The van der Waals surface area contributed by atoms with Gasteiger partial charge in [-0.25, -0.2) is 0 Å². The molecule has 0 spiro atoms. The van der Waals surface area contributed by atoms with Crippen LogP contribution in [0.15, 0.2) is 38.8 Å². The van der Waals surface area contributed by atoms with Gasteiger partial charge < -0.3 is 14.3 Å². The van der Waals surface area contributed by atoms with Crippen LogP contribution >= 0.6 is 11.8 Å². The molecule has 1 heterocycles. The van der Waals surface area contributed by atoms with E-state index in [-0.39, 0.29) is 10.1 Å². The lowest BCUT2D eigenvalue weighted by molar-refractivity contribution is -0.298. The maximum atomic E-state index is 11.1. The van der Waals surface area contributed by atoms with Gasteiger partial charge in [0, 0.05) is 11.8 Å². The molecule has 0 aliphatic heterocycles. The van der Waals surface area contributed by atoms with Gasteiger partial charge in [0.2, 0.25) is 5.89 Å². The molecule has 1 aromatic heterocycles. The molecule has 0 N–H and O–H groups in total. The van der Waals surface area contributed by atoms with Gasteiger partial charge in [0.05, 0.1) is 5.97 Å². The predicted octanol–water partition coefficient (Wildman–Crippen LogP) is 1.57. The summed E-state index contributed by atoms with van der Waals surface area (Å²) in [5.74, 6) is -0.892. The Labute approximate surface area is 114 Å². The number of benzene rings is 1. The molecule has 0 radical (unpaired) electrons. The Morgan fingerprint density at radius 1 is 1.26 bits per heavy atom. The molecule has 0 unspecified atom stereocenters. The summed E-state index contributed by atoms with van der Waals surface area (Å²) < 4.78 is 5.13. The fourth-order valence-corrected chi connectivity index (χ4v) is 2.07. The SMILES string of the molecule is Cc1ccc(/C=C(\Sc2nnc(C)o2)C(=O)[O-])cc1. The minimum Gasteiger partial charge on any atom is -0.544 e. The zero-order chi connectivity index (χ0) is 13.8. The lowest BCUT2D eigenvalue weighted by Gasteiger charge is -2.05. The maximum absolute atomic E-state index is 11.1. The van der Waals surface area contributed by atoms with Crippen LogP contribution in [0.4, 0.5) is 0 Å². The van der Waals surface area contributed by atoms with Crippen LogP contribution in [0.1, 0.15) is 17.0 Å². The third-order valence-corrected chi connectivity index (χ3v) is 3.13. The van der Waals surface area contributed by atoms with Crippen molar-refractivity contribution in [3.05, 3.63) is 46.2 Å². The maximum Gasteiger partial charge on any atom is 0.281 e. The number of carbonyl (C=O) groups is 1. The van der Waals surface area contributed by atoms with Crippen LogP contribution < -0.4 is 5.11 Å². The summed E-state index contributed by atoms with van der Waals surface area (Å²) in [4.78, 5) is 11.1. The summed E-state index contributed by atoms with van der Waals surface area (Å²) in [6.07, 6.45) is 1.51. The number of carbonyl (C=O) groups excluding carboxylic acids is 1. The van der Waals surface area contributed by atoms with Crippen molar-refractivity contribution < 1.29 is 14.3 Å². The van der Waals surface area contributed by atoms with Crippen molar-refractivity contribution in [1.82, 2.24) is 10.2 Å². The highest BCUT2D eigenvalue weighted by atomic mass is 32.2. The van der Waals surface area contributed by atoms with E-state index in [0.29, 0.717) is 5.89 Å². The average molecular weight is 275 g/mol. The van der Waals surface area contributed by atoms with E-state index in [0.717, 1.165) is 22.9 Å². The van der Waals surface area contributed by atoms with Crippen molar-refractivity contribution >= 4 is 23.8 Å². The first kappa shape index (κ1) is 13.4. The Kier molecular flexibility index (Phi) is 4.01. The van der Waals surface area contributed by atoms with Gasteiger partial charge >= 0.3 is 0 Å². The van der Waals surface area contributed by atoms with Crippen molar-refractivity contribution in [3.63, 3.8) is 0 Å². The van der Waals surface area contributed by atoms with Crippen molar-refractivity contribution in [1.29, 1.82) is 0 Å². The second-order valence-electron chi connectivity index (χ2n) is 3.90. The molecule has 0 aliphatic rings. The first-order valence-electron chi connectivity index (χ1n) is 5.52. The van der Waals surface area contributed by atoms with E-state index in [4.69, 9.17) is 4.42 Å². The number of hydrogen-bond donors (Lipinski definition) is 0. The van der Waals surface area contributed by atoms with Crippen LogP contribution in [0.5, 0.6) is 0 Å². The molecule has 98 valence electrons. The Balaban J connectivity index is 2.24. The summed E-state index contributed by atoms with van der Waals surface area (Å²) >= 11 is 0.875. The predicted molar refractivity (Wildman–Crippen MR) is 69.1 cm³/mol. The molecule has 6 heteroatoms. The number of aryl methyl sites for hydroxylation is 2. The Bertz CT molecular complexity index is 617. The molecule has 19 heavy (non-hydrogen) atoms. The Hall–Kier alpha value is -2.08. The topological polar surface area (TPSA) is 79.0 Å². The standard InChI is InChI=1S/C13H12N2O3S/c1-8-3-5-10(6-4-8)7-11(12(16)17)19-13-15-14-9(2)18-13/h3-7H,1-2H3,(H,16,17)/p-1/b11-7-. The van der Waals surface area contributed by atoms with Crippen molar-refractivity contribution in [2.45, 2.75) is 19.1 Å². The summed E-state index contributed by atoms with van der Waals surface area (Å²) in [5, 5.41) is 18.7. The molecular weight excluding hydrogens is 264 g/mol. The number of nitrogens with zero attached hydrogens (tertiary/aromatic N) is 2. The largest absolute Gasteiger partial charge is 0.544 e. The molecule has 0 aliphatic carbocycles. The Morgan fingerprint density at radius 2 is 1.95 bits per heavy atom. The second-order valence-corrected chi connectivity index (χ2v) is 4.89. The van der Waals surface area contributed by atoms with Gasteiger partial charge in [-0.15, -0.1) is 10.2 Å². The highest BCUT2D eigenvalue weighted by molar-refractivity contribution is 8.03. The zero-order valence-electron chi connectivity index (χ0n) is 10.4. The van der Waals surface area contributed by atoms with Gasteiger partial charge in [-0.2, -0.15) is 0 Å². The lowest BCUT2D eigenvalue weighted by Crippen LogP contribution is -2.23. The molecule has 0 amide bonds. The molecular formula is C13H11N2O3S-. The summed E-state index contributed by atoms with van der Waals surface area (Å²) in [7, 11) is 0. The number of carboxylic acids is 1. The number of carboxylic acid groups (broad SMARTS) is 1. The fourth-order valence-electron chi connectivity index (χ4n) is 1.36. The Morgan fingerprint density at radius 3 is 2.47 bits per heavy atom. The molecule has 0 atom stereocenters. The molecule has 0 saturated heterocycles. The monoisotopic (exact) mass is 275 g/mol. The number of aliphatic carboxylic acids is 1. The van der Waals surface area contributed by atoms with E-state index >= 15 is 0 Å². The number of hydrogen-bond acceptors (Lipinski definition) is 6. The second kappa shape index (κ2) is 5.71. The smallest absolute Gasteiger partial charge is 0.281 e. The van der Waals surface area contributed by atoms with Gasteiger partial charge in [0.15, 0.2) is 0 Å². The number of thioether (sulfide) groups is 1. The highest BCUT2D eigenvalue weighted by Crippen LogP contribution is 2.26. The van der Waals surface area contributed by atoms with Crippen LogP contribution in [-0.2, 0) is 4.79 Å². The molecule has 0 fully saturated rings. The van der Waals surface area contributed by atoms with Gasteiger partial charge in [0.1, 0.15) is 0 Å². The molecule has 2 aromatic rings. The van der Waals surface area contributed by atoms with Crippen LogP contribution in [0.25, 0.3) is 6.08 Å². The lowest BCUT2D eigenvalue weighted by atomic mass is 10.1. The van der Waals surface area contributed by atoms with Gasteiger partial charge in [0.25, 0.3) is 5.22 Å². The van der Waals surface area contributed by atoms with Crippen molar-refractivity contribution in [2.75, 3.05) is 0 Å². The molecule has 5 nitrogen and oxygen atoms in total. The first-order valence-corrected chi connectivity index (χ1v) is 6.34. The minimum absolute atomic E-state index is 0.0208. The quantitative estimate of drug-likeness (QED) is 0.622. The van der Waals surface area contributed by atoms with Gasteiger partial charge in [-0.05, 0) is 30.3 Å². The summed E-state index contributed by atoms with van der Waals surface area (Å²) in [5.41, 5.74) is 1.88. The van der Waals surface area contributed by atoms with Gasteiger partial charge in [-0.3, -0.25) is 0 Å². The minimum atomic E-state index is -1.28. The average Bonchev–Trinajstić information content (AvgIpc) is 2.76. The number of rotatable bonds is 4. The fraction of sp³-hybridized carbons (Fsp3) is 0.154. The summed E-state index contributed by atoms with van der Waals surface area (Å²) in [6, 6.07) is 7.47. The highest BCUT2D eigenvalue weighted by Gasteiger charge is 2.08. The third kappa shape index (κ3) is 3.69. The van der Waals surface area contributed by atoms with Crippen LogP contribution in [0, 0.1) is 13.8 Å². The molecule has 2 rings (SSSR count). The molecule has 0 bridgehead atoms. The van der Waals surface area contributed by atoms with Crippen LogP contribution in [0.2, 0.25) is 0 Å². The first-order chi connectivity index (χ1) is 9.04. The van der Waals surface area contributed by atoms with E-state index in [1.165, 1.54) is 6.08 Å². The van der Waals surface area contributed by atoms with Crippen molar-refractivity contribution in [3.8, 4) is 0 Å². The van der Waals surface area contributed by atoms with E-state index < -0.39 is 5.97 Å². The van der Waals surface area contributed by atoms with E-state index in [2.05, 4.69) is 10.2 Å². The molecule has 0 saturated carbocycles. The molecule has 1 aromatic carbocycles. The van der Waals surface area contributed by atoms with E-state index in [1.807, 2.05) is 31.2 Å².